The van der Waals surface area contributed by atoms with Crippen molar-refractivity contribution in [2.45, 2.75) is 12.5 Å². The minimum Gasteiger partial charge on any atom is -0.384 e. The molecule has 0 aliphatic carbocycles. The number of carbonyl (C=O) groups excluding carboxylic acids is 1. The lowest BCUT2D eigenvalue weighted by Crippen LogP contribution is -2.45. The van der Waals surface area contributed by atoms with Gasteiger partial charge in [-0.1, -0.05) is 0 Å². The van der Waals surface area contributed by atoms with Gasteiger partial charge in [-0.2, -0.15) is 11.8 Å². The number of pyridine rings is 1. The van der Waals surface area contributed by atoms with Gasteiger partial charge in [-0.05, 0) is 24.7 Å². The van der Waals surface area contributed by atoms with E-state index < -0.39 is 0 Å². The molecule has 1 atom stereocenters. The standard InChI is InChI=1S/C12H17N3OS/c1-15-4-5-17-8-10(15)11(16)6-9-2-3-14-12(13)7-9/h2-3,7,10H,4-6,8H2,1H3,(H2,13,14). The van der Waals surface area contributed by atoms with Gasteiger partial charge in [0.25, 0.3) is 0 Å². The fourth-order valence-electron chi connectivity index (χ4n) is 1.95. The Balaban J connectivity index is 2.01. The number of anilines is 1. The first-order chi connectivity index (χ1) is 8.16. The first kappa shape index (κ1) is 12.4. The monoisotopic (exact) mass is 251 g/mol. The van der Waals surface area contributed by atoms with Crippen LogP contribution >= 0.6 is 11.8 Å². The van der Waals surface area contributed by atoms with Crippen LogP contribution in [0.25, 0.3) is 0 Å². The third-order valence-corrected chi connectivity index (χ3v) is 4.01. The molecule has 0 amide bonds. The Morgan fingerprint density at radius 3 is 3.24 bits per heavy atom. The van der Waals surface area contributed by atoms with E-state index in [9.17, 15) is 4.79 Å². The molecule has 1 fully saturated rings. The average Bonchev–Trinajstić information content (AvgIpc) is 2.29. The first-order valence-corrected chi connectivity index (χ1v) is 6.83. The number of aromatic nitrogens is 1. The van der Waals surface area contributed by atoms with Gasteiger partial charge in [0.15, 0.2) is 5.78 Å². The highest BCUT2D eigenvalue weighted by atomic mass is 32.2. The normalized spacial score (nSPS) is 21.4. The quantitative estimate of drug-likeness (QED) is 0.862. The predicted octanol–water partition coefficient (Wildman–Crippen LogP) is 0.823. The summed E-state index contributed by atoms with van der Waals surface area (Å²) in [6, 6.07) is 3.67. The third-order valence-electron chi connectivity index (χ3n) is 2.99. The number of nitrogens with zero attached hydrogens (tertiary/aromatic N) is 2. The van der Waals surface area contributed by atoms with Crippen LogP contribution in [0.3, 0.4) is 0 Å². The Hall–Kier alpha value is -1.07. The fourth-order valence-corrected chi connectivity index (χ4v) is 3.20. The van der Waals surface area contributed by atoms with Gasteiger partial charge in [-0.3, -0.25) is 9.69 Å². The molecule has 1 aliphatic rings. The largest absolute Gasteiger partial charge is 0.384 e. The number of hydrogen-bond acceptors (Lipinski definition) is 5. The number of nitrogen functional groups attached to an aromatic ring is 1. The van der Waals surface area contributed by atoms with Gasteiger partial charge in [0.1, 0.15) is 5.82 Å². The summed E-state index contributed by atoms with van der Waals surface area (Å²) in [5, 5.41) is 0. The van der Waals surface area contributed by atoms with E-state index in [0.29, 0.717) is 12.2 Å². The summed E-state index contributed by atoms with van der Waals surface area (Å²) in [5.41, 5.74) is 6.55. The molecule has 1 aromatic rings. The average molecular weight is 251 g/mol. The molecular weight excluding hydrogens is 234 g/mol. The van der Waals surface area contributed by atoms with Crippen molar-refractivity contribution in [3.8, 4) is 0 Å². The molecule has 2 heterocycles. The summed E-state index contributed by atoms with van der Waals surface area (Å²) in [7, 11) is 2.02. The van der Waals surface area contributed by atoms with Crippen LogP contribution in [0.15, 0.2) is 18.3 Å². The van der Waals surface area contributed by atoms with E-state index in [0.717, 1.165) is 23.6 Å². The number of likely N-dealkylation sites (N-methyl/N-ethyl adjacent to an activating group) is 1. The van der Waals surface area contributed by atoms with Crippen molar-refractivity contribution in [2.75, 3.05) is 30.8 Å². The summed E-state index contributed by atoms with van der Waals surface area (Å²) in [4.78, 5) is 18.2. The molecule has 1 aliphatic heterocycles. The van der Waals surface area contributed by atoms with Crippen molar-refractivity contribution in [3.63, 3.8) is 0 Å². The molecule has 1 unspecified atom stereocenters. The molecule has 0 saturated carbocycles. The molecule has 0 bridgehead atoms. The fraction of sp³-hybridized carbons (Fsp3) is 0.500. The Bertz CT molecular complexity index is 410. The molecule has 5 heteroatoms. The number of carbonyl (C=O) groups is 1. The third kappa shape index (κ3) is 3.20. The lowest BCUT2D eigenvalue weighted by molar-refractivity contribution is -0.122. The second-order valence-electron chi connectivity index (χ2n) is 4.30. The van der Waals surface area contributed by atoms with Gasteiger partial charge in [0.05, 0.1) is 6.04 Å². The van der Waals surface area contributed by atoms with E-state index >= 15 is 0 Å². The summed E-state index contributed by atoms with van der Waals surface area (Å²) in [6.45, 7) is 0.986. The molecule has 0 spiro atoms. The number of rotatable bonds is 3. The SMILES string of the molecule is CN1CCSCC1C(=O)Cc1ccnc(N)c1. The molecule has 2 N–H and O–H groups in total. The molecule has 2 rings (SSSR count). The predicted molar refractivity (Wildman–Crippen MR) is 71.1 cm³/mol. The van der Waals surface area contributed by atoms with Crippen LogP contribution in [-0.4, -0.2) is 46.8 Å². The zero-order valence-corrected chi connectivity index (χ0v) is 10.7. The molecule has 92 valence electrons. The number of nitrogens with two attached hydrogens (primary N) is 1. The zero-order valence-electron chi connectivity index (χ0n) is 9.93. The Kier molecular flexibility index (Phi) is 4.02. The second-order valence-corrected chi connectivity index (χ2v) is 5.45. The summed E-state index contributed by atoms with van der Waals surface area (Å²) >= 11 is 1.85. The number of thioether (sulfide) groups is 1. The minimum absolute atomic E-state index is 0.0446. The lowest BCUT2D eigenvalue weighted by Gasteiger charge is -2.30. The van der Waals surface area contributed by atoms with Crippen LogP contribution in [0.4, 0.5) is 5.82 Å². The van der Waals surface area contributed by atoms with Gasteiger partial charge in [0.2, 0.25) is 0 Å². The van der Waals surface area contributed by atoms with Gasteiger partial charge < -0.3 is 5.73 Å². The van der Waals surface area contributed by atoms with Crippen molar-refractivity contribution >= 4 is 23.4 Å². The van der Waals surface area contributed by atoms with Gasteiger partial charge in [0, 0.05) is 30.7 Å². The number of hydrogen-bond donors (Lipinski definition) is 1. The minimum atomic E-state index is 0.0446. The van der Waals surface area contributed by atoms with Gasteiger partial charge >= 0.3 is 0 Å². The Morgan fingerprint density at radius 1 is 1.71 bits per heavy atom. The van der Waals surface area contributed by atoms with E-state index in [1.165, 1.54) is 0 Å². The lowest BCUT2D eigenvalue weighted by atomic mass is 10.0. The maximum absolute atomic E-state index is 12.2. The Labute approximate surface area is 106 Å². The Morgan fingerprint density at radius 2 is 2.53 bits per heavy atom. The van der Waals surface area contributed by atoms with Gasteiger partial charge in [-0.25, -0.2) is 4.98 Å². The maximum Gasteiger partial charge on any atom is 0.155 e. The van der Waals surface area contributed by atoms with Gasteiger partial charge in [-0.15, -0.1) is 0 Å². The summed E-state index contributed by atoms with van der Waals surface area (Å²) in [6.07, 6.45) is 2.10. The van der Waals surface area contributed by atoms with E-state index in [4.69, 9.17) is 5.73 Å². The maximum atomic E-state index is 12.2. The number of ketones is 1. The molecule has 0 aromatic carbocycles. The highest BCUT2D eigenvalue weighted by molar-refractivity contribution is 7.99. The molecule has 1 saturated heterocycles. The highest BCUT2D eigenvalue weighted by Gasteiger charge is 2.25. The van der Waals surface area contributed by atoms with Crippen LogP contribution in [0, 0.1) is 0 Å². The van der Waals surface area contributed by atoms with E-state index in [-0.39, 0.29) is 11.8 Å². The summed E-state index contributed by atoms with van der Waals surface area (Å²) in [5.74, 6) is 2.75. The second kappa shape index (κ2) is 5.51. The van der Waals surface area contributed by atoms with Crippen LogP contribution in [0.1, 0.15) is 5.56 Å². The highest BCUT2D eigenvalue weighted by Crippen LogP contribution is 2.17. The van der Waals surface area contributed by atoms with E-state index in [2.05, 4.69) is 9.88 Å². The molecule has 1 aromatic heterocycles. The van der Waals surface area contributed by atoms with Crippen LogP contribution in [-0.2, 0) is 11.2 Å². The topological polar surface area (TPSA) is 59.2 Å². The molecule has 4 nitrogen and oxygen atoms in total. The summed E-state index contributed by atoms with van der Waals surface area (Å²) < 4.78 is 0. The van der Waals surface area contributed by atoms with Crippen molar-refractivity contribution in [1.29, 1.82) is 0 Å². The van der Waals surface area contributed by atoms with Crippen molar-refractivity contribution < 1.29 is 4.79 Å². The van der Waals surface area contributed by atoms with E-state index in [1.54, 1.807) is 12.3 Å². The molecule has 17 heavy (non-hydrogen) atoms. The first-order valence-electron chi connectivity index (χ1n) is 5.68. The van der Waals surface area contributed by atoms with Crippen LogP contribution in [0.5, 0.6) is 0 Å². The van der Waals surface area contributed by atoms with Crippen molar-refractivity contribution in [2.24, 2.45) is 0 Å². The van der Waals surface area contributed by atoms with Crippen LogP contribution < -0.4 is 5.73 Å². The number of Topliss-reactive ketones (excluding diaryl/α,β-unsaturated/α-hetero) is 1. The van der Waals surface area contributed by atoms with E-state index in [1.807, 2.05) is 24.9 Å². The zero-order chi connectivity index (χ0) is 12.3. The molecular formula is C12H17N3OS. The van der Waals surface area contributed by atoms with Crippen LogP contribution in [0.2, 0.25) is 0 Å². The smallest absolute Gasteiger partial charge is 0.155 e. The van der Waals surface area contributed by atoms with Crippen molar-refractivity contribution in [1.82, 2.24) is 9.88 Å². The van der Waals surface area contributed by atoms with Crippen molar-refractivity contribution in [3.05, 3.63) is 23.9 Å². The molecule has 0 radical (unpaired) electrons.